The van der Waals surface area contributed by atoms with Crippen molar-refractivity contribution in [1.29, 1.82) is 0 Å². The van der Waals surface area contributed by atoms with E-state index in [4.69, 9.17) is 14.2 Å². The fourth-order valence-electron chi connectivity index (χ4n) is 4.43. The molecule has 0 aromatic heterocycles. The van der Waals surface area contributed by atoms with Crippen LogP contribution in [0.4, 0.5) is 16.2 Å². The van der Waals surface area contributed by atoms with E-state index < -0.39 is 29.9 Å². The molecule has 1 atom stereocenters. The van der Waals surface area contributed by atoms with Crippen LogP contribution in [0.2, 0.25) is 0 Å². The number of amides is 4. The average Bonchev–Trinajstić information content (AvgIpc) is 3.03. The Hall–Kier alpha value is -3.79. The van der Waals surface area contributed by atoms with Gasteiger partial charge in [-0.2, -0.15) is 0 Å². The van der Waals surface area contributed by atoms with Crippen molar-refractivity contribution in [2.24, 2.45) is 0 Å². The summed E-state index contributed by atoms with van der Waals surface area (Å²) in [6.45, 7) is 5.31. The van der Waals surface area contributed by atoms with Gasteiger partial charge in [-0.05, 0) is 48.9 Å². The average molecular weight is 481 g/mol. The highest BCUT2D eigenvalue weighted by Crippen LogP contribution is 2.36. The lowest BCUT2D eigenvalue weighted by atomic mass is 9.91. The van der Waals surface area contributed by atoms with Crippen molar-refractivity contribution in [2.75, 3.05) is 56.3 Å². The Morgan fingerprint density at radius 3 is 2.46 bits per heavy atom. The summed E-state index contributed by atoms with van der Waals surface area (Å²) < 4.78 is 16.8. The predicted octanol–water partition coefficient (Wildman–Crippen LogP) is 2.09. The van der Waals surface area contributed by atoms with E-state index >= 15 is 0 Å². The van der Waals surface area contributed by atoms with Crippen LogP contribution in [0.1, 0.15) is 18.9 Å². The number of ether oxygens (including phenoxy) is 3. The Morgan fingerprint density at radius 1 is 1.00 bits per heavy atom. The SMILES string of the molecule is CC1(c2ccc3c(c2)OCCCO3)NC(=O)N(CC(=O)Nc2ccc(N3CCOCC3)cc2)C1=O. The Balaban J connectivity index is 1.24. The van der Waals surface area contributed by atoms with Gasteiger partial charge in [0, 0.05) is 30.9 Å². The van der Waals surface area contributed by atoms with Crippen LogP contribution >= 0.6 is 0 Å². The van der Waals surface area contributed by atoms with Crippen molar-refractivity contribution in [3.8, 4) is 11.5 Å². The molecule has 2 fully saturated rings. The van der Waals surface area contributed by atoms with Gasteiger partial charge in [-0.25, -0.2) is 4.79 Å². The summed E-state index contributed by atoms with van der Waals surface area (Å²) in [7, 11) is 0. The summed E-state index contributed by atoms with van der Waals surface area (Å²) in [5.41, 5.74) is 0.875. The lowest BCUT2D eigenvalue weighted by Crippen LogP contribution is -2.42. The Labute approximate surface area is 203 Å². The predicted molar refractivity (Wildman–Crippen MR) is 128 cm³/mol. The number of hydrogen-bond donors (Lipinski definition) is 2. The minimum atomic E-state index is -1.32. The first-order valence-electron chi connectivity index (χ1n) is 11.7. The second-order valence-electron chi connectivity index (χ2n) is 8.85. The van der Waals surface area contributed by atoms with Crippen molar-refractivity contribution >= 4 is 29.2 Å². The quantitative estimate of drug-likeness (QED) is 0.631. The minimum absolute atomic E-state index is 0.393. The van der Waals surface area contributed by atoms with Crippen molar-refractivity contribution < 1.29 is 28.6 Å². The number of rotatable bonds is 5. The zero-order chi connectivity index (χ0) is 24.4. The number of nitrogens with one attached hydrogen (secondary N) is 2. The third-order valence-corrected chi connectivity index (χ3v) is 6.43. The molecule has 4 amide bonds. The number of imide groups is 1. The number of urea groups is 1. The molecule has 3 aliphatic heterocycles. The fourth-order valence-corrected chi connectivity index (χ4v) is 4.43. The highest BCUT2D eigenvalue weighted by atomic mass is 16.5. The van der Waals surface area contributed by atoms with Gasteiger partial charge < -0.3 is 29.7 Å². The normalized spacial score (nSPS) is 22.0. The van der Waals surface area contributed by atoms with Crippen LogP contribution in [-0.4, -0.2) is 68.8 Å². The molecule has 2 N–H and O–H groups in total. The smallest absolute Gasteiger partial charge is 0.325 e. The minimum Gasteiger partial charge on any atom is -0.490 e. The number of carbonyl (C=O) groups excluding carboxylic acids is 3. The van der Waals surface area contributed by atoms with Crippen molar-refractivity contribution in [2.45, 2.75) is 18.9 Å². The number of fused-ring (bicyclic) bond motifs is 1. The summed E-state index contributed by atoms with van der Waals surface area (Å²) in [6.07, 6.45) is 0.760. The molecule has 5 rings (SSSR count). The van der Waals surface area contributed by atoms with Crippen LogP contribution < -0.4 is 25.0 Å². The number of morpholine rings is 1. The summed E-state index contributed by atoms with van der Waals surface area (Å²) in [4.78, 5) is 41.7. The number of anilines is 2. The van der Waals surface area contributed by atoms with Gasteiger partial charge in [-0.1, -0.05) is 6.07 Å². The second kappa shape index (κ2) is 9.46. The lowest BCUT2D eigenvalue weighted by Gasteiger charge is -2.28. The molecule has 3 aliphatic rings. The third kappa shape index (κ3) is 4.61. The van der Waals surface area contributed by atoms with Gasteiger partial charge in [0.05, 0.1) is 26.4 Å². The summed E-state index contributed by atoms with van der Waals surface area (Å²) in [5.74, 6) is 0.160. The van der Waals surface area contributed by atoms with Gasteiger partial charge in [-0.15, -0.1) is 0 Å². The first-order chi connectivity index (χ1) is 16.9. The van der Waals surface area contributed by atoms with Crippen LogP contribution in [0, 0.1) is 0 Å². The molecule has 0 aliphatic carbocycles. The van der Waals surface area contributed by atoms with Crippen LogP contribution in [0.5, 0.6) is 11.5 Å². The Morgan fingerprint density at radius 2 is 1.71 bits per heavy atom. The molecule has 0 radical (unpaired) electrons. The molecule has 1 unspecified atom stereocenters. The number of benzene rings is 2. The maximum absolute atomic E-state index is 13.3. The van der Waals surface area contributed by atoms with E-state index in [1.807, 2.05) is 12.1 Å². The van der Waals surface area contributed by atoms with Crippen LogP contribution in [0.3, 0.4) is 0 Å². The van der Waals surface area contributed by atoms with Crippen molar-refractivity contribution in [1.82, 2.24) is 10.2 Å². The zero-order valence-electron chi connectivity index (χ0n) is 19.5. The topological polar surface area (TPSA) is 109 Å². The second-order valence-corrected chi connectivity index (χ2v) is 8.85. The van der Waals surface area contributed by atoms with Gasteiger partial charge in [0.15, 0.2) is 11.5 Å². The van der Waals surface area contributed by atoms with E-state index in [2.05, 4.69) is 15.5 Å². The maximum Gasteiger partial charge on any atom is 0.325 e. The van der Waals surface area contributed by atoms with Crippen LogP contribution in [-0.2, 0) is 19.9 Å². The standard InChI is InChI=1S/C25H28N4O6/c1-25(17-3-8-20-21(15-17)35-12-2-11-34-20)23(31)29(24(32)27-25)16-22(30)26-18-4-6-19(7-5-18)28-9-13-33-14-10-28/h3-8,15H,2,9-14,16H2,1H3,(H,26,30)(H,27,32). The Bertz CT molecular complexity index is 1130. The maximum atomic E-state index is 13.3. The van der Waals surface area contributed by atoms with Crippen LogP contribution in [0.25, 0.3) is 0 Å². The van der Waals surface area contributed by atoms with Gasteiger partial charge in [0.1, 0.15) is 12.1 Å². The first kappa shape index (κ1) is 23.0. The van der Waals surface area contributed by atoms with E-state index in [-0.39, 0.29) is 0 Å². The van der Waals surface area contributed by atoms with Crippen molar-refractivity contribution in [3.63, 3.8) is 0 Å². The molecule has 2 saturated heterocycles. The van der Waals surface area contributed by atoms with E-state index in [0.29, 0.717) is 49.2 Å². The molecule has 10 nitrogen and oxygen atoms in total. The fraction of sp³-hybridized carbons (Fsp3) is 0.400. The summed E-state index contributed by atoms with van der Waals surface area (Å²) in [5, 5.41) is 5.49. The van der Waals surface area contributed by atoms with E-state index in [1.165, 1.54) is 0 Å². The van der Waals surface area contributed by atoms with E-state index in [9.17, 15) is 14.4 Å². The third-order valence-electron chi connectivity index (χ3n) is 6.43. The molecule has 2 aromatic carbocycles. The highest BCUT2D eigenvalue weighted by Gasteiger charge is 2.49. The Kier molecular flexibility index (Phi) is 6.21. The molecular formula is C25H28N4O6. The van der Waals surface area contributed by atoms with Gasteiger partial charge in [0.25, 0.3) is 5.91 Å². The molecule has 0 spiro atoms. The molecule has 0 bridgehead atoms. The van der Waals surface area contributed by atoms with Gasteiger partial charge in [0.2, 0.25) is 5.91 Å². The number of hydrogen-bond acceptors (Lipinski definition) is 7. The summed E-state index contributed by atoms with van der Waals surface area (Å²) in [6, 6.07) is 12.0. The highest BCUT2D eigenvalue weighted by molar-refractivity contribution is 6.10. The van der Waals surface area contributed by atoms with Gasteiger partial charge in [-0.3, -0.25) is 14.5 Å². The van der Waals surface area contributed by atoms with E-state index in [1.54, 1.807) is 37.3 Å². The number of carbonyl (C=O) groups is 3. The molecule has 3 heterocycles. The van der Waals surface area contributed by atoms with Gasteiger partial charge >= 0.3 is 6.03 Å². The first-order valence-corrected chi connectivity index (χ1v) is 11.7. The van der Waals surface area contributed by atoms with Crippen molar-refractivity contribution in [3.05, 3.63) is 48.0 Å². The zero-order valence-corrected chi connectivity index (χ0v) is 19.5. The lowest BCUT2D eigenvalue weighted by molar-refractivity contribution is -0.133. The molecular weight excluding hydrogens is 452 g/mol. The number of nitrogens with zero attached hydrogens (tertiary/aromatic N) is 2. The molecule has 35 heavy (non-hydrogen) atoms. The monoisotopic (exact) mass is 480 g/mol. The molecule has 0 saturated carbocycles. The molecule has 2 aromatic rings. The largest absolute Gasteiger partial charge is 0.490 e. The van der Waals surface area contributed by atoms with Crippen LogP contribution in [0.15, 0.2) is 42.5 Å². The molecule has 184 valence electrons. The summed E-state index contributed by atoms with van der Waals surface area (Å²) >= 11 is 0. The molecule has 10 heteroatoms. The van der Waals surface area contributed by atoms with E-state index in [0.717, 1.165) is 30.1 Å².